The Hall–Kier alpha value is -0.380. The van der Waals surface area contributed by atoms with Gasteiger partial charge in [0.15, 0.2) is 0 Å². The van der Waals surface area contributed by atoms with Crippen LogP contribution in [0.15, 0.2) is 24.3 Å². The van der Waals surface area contributed by atoms with Crippen molar-refractivity contribution in [1.82, 2.24) is 5.32 Å². The summed E-state index contributed by atoms with van der Waals surface area (Å²) in [6.07, 6.45) is 4.69. The van der Waals surface area contributed by atoms with Crippen molar-refractivity contribution in [2.75, 3.05) is 7.05 Å². The topological polar surface area (TPSA) is 29.1 Å². The second-order valence-electron chi connectivity index (χ2n) is 5.67. The van der Waals surface area contributed by atoms with Gasteiger partial charge in [-0.2, -0.15) is 0 Å². The number of rotatable bonds is 5. The van der Waals surface area contributed by atoms with Crippen molar-refractivity contribution in [2.45, 2.75) is 49.7 Å². The molecular weight excluding hydrogens is 290 g/mol. The molecule has 1 saturated carbocycles. The Morgan fingerprint density at radius 3 is 2.60 bits per heavy atom. The van der Waals surface area contributed by atoms with Crippen LogP contribution < -0.4 is 5.32 Å². The van der Waals surface area contributed by atoms with Crippen molar-refractivity contribution in [3.05, 3.63) is 34.9 Å². The second kappa shape index (κ2) is 7.58. The Morgan fingerprint density at radius 2 is 2.00 bits per heavy atom. The minimum absolute atomic E-state index is 0.273. The zero-order chi connectivity index (χ0) is 14.5. The van der Waals surface area contributed by atoms with Crippen LogP contribution in [-0.4, -0.2) is 22.5 Å². The fourth-order valence-corrected chi connectivity index (χ4v) is 5.04. The van der Waals surface area contributed by atoms with Crippen LogP contribution in [-0.2, 0) is 16.6 Å². The Bertz CT molecular complexity index is 448. The van der Waals surface area contributed by atoms with Gasteiger partial charge in [-0.1, -0.05) is 37.1 Å². The van der Waals surface area contributed by atoms with Crippen LogP contribution in [0, 0.1) is 5.92 Å². The van der Waals surface area contributed by atoms with Gasteiger partial charge in [-0.05, 0) is 49.9 Å². The molecule has 0 amide bonds. The third-order valence-electron chi connectivity index (χ3n) is 4.41. The quantitative estimate of drug-likeness (QED) is 0.897. The molecule has 1 aliphatic rings. The highest BCUT2D eigenvalue weighted by Crippen LogP contribution is 2.31. The van der Waals surface area contributed by atoms with Crippen molar-refractivity contribution in [3.63, 3.8) is 0 Å². The fourth-order valence-electron chi connectivity index (χ4n) is 3.06. The van der Waals surface area contributed by atoms with Gasteiger partial charge in [-0.25, -0.2) is 0 Å². The lowest BCUT2D eigenvalue weighted by atomic mass is 9.84. The summed E-state index contributed by atoms with van der Waals surface area (Å²) in [7, 11) is 1.17. The Morgan fingerprint density at radius 1 is 1.30 bits per heavy atom. The Balaban J connectivity index is 2.03. The molecule has 0 spiro atoms. The molecule has 20 heavy (non-hydrogen) atoms. The molecule has 0 bridgehead atoms. The Labute approximate surface area is 129 Å². The van der Waals surface area contributed by atoms with Crippen LogP contribution in [0.25, 0.3) is 0 Å². The zero-order valence-corrected chi connectivity index (χ0v) is 13.8. The molecule has 2 nitrogen and oxygen atoms in total. The molecule has 0 radical (unpaired) electrons. The molecule has 4 atom stereocenters. The van der Waals surface area contributed by atoms with Gasteiger partial charge >= 0.3 is 0 Å². The molecule has 4 heteroatoms. The highest BCUT2D eigenvalue weighted by Gasteiger charge is 2.32. The molecule has 0 saturated heterocycles. The van der Waals surface area contributed by atoms with E-state index in [4.69, 9.17) is 11.6 Å². The van der Waals surface area contributed by atoms with Gasteiger partial charge in [-0.3, -0.25) is 4.21 Å². The monoisotopic (exact) mass is 313 g/mol. The maximum atomic E-state index is 12.7. The van der Waals surface area contributed by atoms with Crippen molar-refractivity contribution < 1.29 is 4.21 Å². The SMILES string of the molecule is CCC1CCC(NC)C(S(=O)Cc2ccc(Cl)cc2)C1. The first-order chi connectivity index (χ1) is 9.63. The molecule has 1 aromatic rings. The normalized spacial score (nSPS) is 28.2. The molecule has 0 aliphatic heterocycles. The van der Waals surface area contributed by atoms with E-state index in [2.05, 4.69) is 12.2 Å². The Kier molecular flexibility index (Phi) is 6.06. The summed E-state index contributed by atoms with van der Waals surface area (Å²) in [5, 5.41) is 4.37. The summed E-state index contributed by atoms with van der Waals surface area (Å²) in [4.78, 5) is 0. The molecule has 1 aromatic carbocycles. The first-order valence-corrected chi connectivity index (χ1v) is 9.19. The van der Waals surface area contributed by atoms with E-state index >= 15 is 0 Å². The third-order valence-corrected chi connectivity index (χ3v) is 6.47. The molecule has 2 rings (SSSR count). The fraction of sp³-hybridized carbons (Fsp3) is 0.625. The third kappa shape index (κ3) is 4.06. The minimum Gasteiger partial charge on any atom is -0.316 e. The number of halogens is 1. The van der Waals surface area contributed by atoms with E-state index in [-0.39, 0.29) is 5.25 Å². The number of hydrogen-bond acceptors (Lipinski definition) is 2. The highest BCUT2D eigenvalue weighted by atomic mass is 35.5. The molecular formula is C16H24ClNOS. The predicted octanol–water partition coefficient (Wildman–Crippen LogP) is 3.76. The van der Waals surface area contributed by atoms with Crippen LogP contribution in [0.2, 0.25) is 5.02 Å². The number of nitrogens with one attached hydrogen (secondary N) is 1. The summed E-state index contributed by atoms with van der Waals surface area (Å²) in [6, 6.07) is 8.10. The predicted molar refractivity (Wildman–Crippen MR) is 87.6 cm³/mol. The van der Waals surface area contributed by atoms with Crippen LogP contribution in [0.5, 0.6) is 0 Å². The summed E-state index contributed by atoms with van der Waals surface area (Å²) in [5.41, 5.74) is 1.11. The maximum absolute atomic E-state index is 12.7. The molecule has 4 unspecified atom stereocenters. The van der Waals surface area contributed by atoms with E-state index in [0.29, 0.717) is 11.8 Å². The van der Waals surface area contributed by atoms with E-state index in [9.17, 15) is 4.21 Å². The van der Waals surface area contributed by atoms with Gasteiger partial charge in [0.1, 0.15) is 0 Å². The van der Waals surface area contributed by atoms with Gasteiger partial charge < -0.3 is 5.32 Å². The van der Waals surface area contributed by atoms with E-state index < -0.39 is 10.8 Å². The van der Waals surface area contributed by atoms with Gasteiger partial charge in [0.25, 0.3) is 0 Å². The van der Waals surface area contributed by atoms with Gasteiger partial charge in [0, 0.05) is 27.6 Å². The van der Waals surface area contributed by atoms with E-state index in [0.717, 1.165) is 29.3 Å². The van der Waals surface area contributed by atoms with Crippen LogP contribution in [0.1, 0.15) is 38.2 Å². The first kappa shape index (κ1) is 16.0. The average molecular weight is 314 g/mol. The van der Waals surface area contributed by atoms with Crippen LogP contribution >= 0.6 is 11.6 Å². The standard InChI is InChI=1S/C16H24ClNOS/c1-3-12-6-9-15(18-2)16(10-12)20(19)11-13-4-7-14(17)8-5-13/h4-5,7-8,12,15-16,18H,3,6,9-11H2,1-2H3. The molecule has 1 fully saturated rings. The van der Waals surface area contributed by atoms with Gasteiger partial charge in [-0.15, -0.1) is 0 Å². The lowest BCUT2D eigenvalue weighted by Gasteiger charge is -2.35. The summed E-state index contributed by atoms with van der Waals surface area (Å²) >= 11 is 5.89. The largest absolute Gasteiger partial charge is 0.316 e. The molecule has 0 aromatic heterocycles. The lowest BCUT2D eigenvalue weighted by Crippen LogP contribution is -2.45. The smallest absolute Gasteiger partial charge is 0.0507 e. The summed E-state index contributed by atoms with van der Waals surface area (Å²) < 4.78 is 12.7. The molecule has 0 heterocycles. The minimum atomic E-state index is -0.822. The zero-order valence-electron chi connectivity index (χ0n) is 12.3. The van der Waals surface area contributed by atoms with E-state index in [1.807, 2.05) is 31.3 Å². The van der Waals surface area contributed by atoms with Crippen molar-refractivity contribution in [1.29, 1.82) is 0 Å². The van der Waals surface area contributed by atoms with E-state index in [1.54, 1.807) is 0 Å². The molecule has 112 valence electrons. The highest BCUT2D eigenvalue weighted by molar-refractivity contribution is 7.84. The van der Waals surface area contributed by atoms with Crippen LogP contribution in [0.4, 0.5) is 0 Å². The number of benzene rings is 1. The second-order valence-corrected chi connectivity index (χ2v) is 7.76. The average Bonchev–Trinajstić information content (AvgIpc) is 2.48. The van der Waals surface area contributed by atoms with Crippen molar-refractivity contribution >= 4 is 22.4 Å². The van der Waals surface area contributed by atoms with Crippen molar-refractivity contribution in [3.8, 4) is 0 Å². The summed E-state index contributed by atoms with van der Waals surface area (Å²) in [5.74, 6) is 1.37. The molecule has 1 N–H and O–H groups in total. The lowest BCUT2D eigenvalue weighted by molar-refractivity contribution is 0.301. The van der Waals surface area contributed by atoms with E-state index in [1.165, 1.54) is 12.8 Å². The maximum Gasteiger partial charge on any atom is 0.0507 e. The number of hydrogen-bond donors (Lipinski definition) is 1. The first-order valence-electron chi connectivity index (χ1n) is 7.43. The van der Waals surface area contributed by atoms with Gasteiger partial charge in [0.05, 0.1) is 5.25 Å². The van der Waals surface area contributed by atoms with Crippen LogP contribution in [0.3, 0.4) is 0 Å². The summed E-state index contributed by atoms with van der Waals surface area (Å²) in [6.45, 7) is 2.24. The van der Waals surface area contributed by atoms with Crippen molar-refractivity contribution in [2.24, 2.45) is 5.92 Å². The van der Waals surface area contributed by atoms with Gasteiger partial charge in [0.2, 0.25) is 0 Å². The molecule has 1 aliphatic carbocycles.